The van der Waals surface area contributed by atoms with Crippen LogP contribution < -0.4 is 10.1 Å². The van der Waals surface area contributed by atoms with E-state index in [0.717, 1.165) is 58.8 Å². The zero-order chi connectivity index (χ0) is 36.1. The summed E-state index contributed by atoms with van der Waals surface area (Å²) in [5, 5.41) is 19.2. The van der Waals surface area contributed by atoms with Gasteiger partial charge >= 0.3 is 0 Å². The second-order valence-corrected chi connectivity index (χ2v) is 12.5. The molecule has 4 heterocycles. The normalized spacial score (nSPS) is 13.3. The van der Waals surface area contributed by atoms with Gasteiger partial charge in [-0.15, -0.1) is 0 Å². The molecule has 0 aliphatic carbocycles. The van der Waals surface area contributed by atoms with Gasteiger partial charge in [0.1, 0.15) is 30.7 Å². The molecule has 1 amide bonds. The van der Waals surface area contributed by atoms with Gasteiger partial charge in [-0.25, -0.2) is 23.1 Å². The average molecular weight is 718 g/mol. The molecule has 3 N–H and O–H groups in total. The van der Waals surface area contributed by atoms with Gasteiger partial charge in [0.2, 0.25) is 12.3 Å². The summed E-state index contributed by atoms with van der Waals surface area (Å²) in [6.45, 7) is 6.03. The van der Waals surface area contributed by atoms with Crippen LogP contribution in [0.1, 0.15) is 46.7 Å². The summed E-state index contributed by atoms with van der Waals surface area (Å²) in [7, 11) is 0. The number of H-pyrrole nitrogens is 1. The predicted octanol–water partition coefficient (Wildman–Crippen LogP) is 7.73. The van der Waals surface area contributed by atoms with Crippen LogP contribution in [0.2, 0.25) is 5.02 Å². The Kier molecular flexibility index (Phi) is 11.0. The third-order valence-corrected chi connectivity index (χ3v) is 8.78. The number of halogens is 4. The summed E-state index contributed by atoms with van der Waals surface area (Å²) >= 11 is 5.82. The summed E-state index contributed by atoms with van der Waals surface area (Å²) < 4.78 is 46.9. The first-order valence-corrected chi connectivity index (χ1v) is 16.5. The number of pyridine rings is 1. The number of amides is 1. The maximum absolute atomic E-state index is 14.0. The number of alkyl halides is 2. The van der Waals surface area contributed by atoms with E-state index in [1.807, 2.05) is 41.8 Å². The first-order chi connectivity index (χ1) is 24.6. The van der Waals surface area contributed by atoms with Crippen LogP contribution in [-0.4, -0.2) is 54.2 Å². The van der Waals surface area contributed by atoms with Gasteiger partial charge in [-0.1, -0.05) is 35.9 Å². The minimum absolute atomic E-state index is 0.0810. The van der Waals surface area contributed by atoms with Gasteiger partial charge in [0.25, 0.3) is 6.43 Å². The highest BCUT2D eigenvalue weighted by Gasteiger charge is 2.19. The highest BCUT2D eigenvalue weighted by atomic mass is 35.5. The highest BCUT2D eigenvalue weighted by molar-refractivity contribution is 6.30. The average Bonchev–Trinajstić information content (AvgIpc) is 3.70. The lowest BCUT2D eigenvalue weighted by molar-refractivity contribution is -0.105. The lowest BCUT2D eigenvalue weighted by Gasteiger charge is -2.26. The molecule has 10 nitrogen and oxygen atoms in total. The molecule has 3 aromatic carbocycles. The Hall–Kier alpha value is -5.24. The van der Waals surface area contributed by atoms with Crippen molar-refractivity contribution in [3.63, 3.8) is 0 Å². The molecule has 0 fully saturated rings. The Balaban J connectivity index is 0.000000234. The van der Waals surface area contributed by atoms with E-state index in [4.69, 9.17) is 21.3 Å². The lowest BCUT2D eigenvalue weighted by atomic mass is 10.0. The maximum Gasteiger partial charge on any atom is 0.280 e. The molecule has 1 aliphatic rings. The summed E-state index contributed by atoms with van der Waals surface area (Å²) in [6.07, 6.45) is 0.893. The maximum atomic E-state index is 14.0. The highest BCUT2D eigenvalue weighted by Crippen LogP contribution is 2.30. The van der Waals surface area contributed by atoms with Crippen molar-refractivity contribution in [2.75, 3.05) is 18.4 Å². The minimum Gasteiger partial charge on any atom is -0.473 e. The number of fused-ring (bicyclic) bond motifs is 2. The van der Waals surface area contributed by atoms with E-state index in [-0.39, 0.29) is 19.0 Å². The zero-order valence-corrected chi connectivity index (χ0v) is 28.6. The molecular weight excluding hydrogens is 683 g/mol. The van der Waals surface area contributed by atoms with Gasteiger partial charge in [-0.05, 0) is 79.4 Å². The summed E-state index contributed by atoms with van der Waals surface area (Å²) in [5.74, 6) is 0.911. The first kappa shape index (κ1) is 35.6. The number of anilines is 1. The number of hydrogen-bond donors (Lipinski definition) is 3. The van der Waals surface area contributed by atoms with Crippen LogP contribution in [0, 0.1) is 19.7 Å². The number of hydrogen-bond acceptors (Lipinski definition) is 7. The van der Waals surface area contributed by atoms with Crippen molar-refractivity contribution in [1.82, 2.24) is 29.6 Å². The van der Waals surface area contributed by atoms with Gasteiger partial charge in [-0.2, -0.15) is 5.10 Å². The second kappa shape index (κ2) is 15.8. The molecule has 1 aliphatic heterocycles. The summed E-state index contributed by atoms with van der Waals surface area (Å²) in [5.41, 5.74) is 6.90. The molecular formula is C37H35ClF3N7O3. The van der Waals surface area contributed by atoms with Gasteiger partial charge in [-0.3, -0.25) is 14.8 Å². The second-order valence-electron chi connectivity index (χ2n) is 12.1. The van der Waals surface area contributed by atoms with Gasteiger partial charge < -0.3 is 19.7 Å². The third-order valence-electron chi connectivity index (χ3n) is 8.55. The van der Waals surface area contributed by atoms with Crippen LogP contribution >= 0.6 is 11.6 Å². The SMILES string of the molecule is Cc1cc(NC=O)cc2c(C(F)F)[nH]nc12.Cc1ccc2c(c1)nc(CN1CC=C(c3cccc(OCc4ccc(Cl)cc4F)n3)CC1)n2CO. The molecule has 7 rings (SSSR count). The Labute approximate surface area is 296 Å². The minimum atomic E-state index is -2.61. The molecule has 0 spiro atoms. The van der Waals surface area contributed by atoms with Crippen molar-refractivity contribution < 1.29 is 27.8 Å². The number of aliphatic hydroxyl groups is 1. The van der Waals surface area contributed by atoms with E-state index >= 15 is 0 Å². The molecule has 0 unspecified atom stereocenters. The number of aliphatic hydroxyl groups excluding tert-OH is 1. The monoisotopic (exact) mass is 717 g/mol. The van der Waals surface area contributed by atoms with Crippen molar-refractivity contribution in [2.45, 2.75) is 46.6 Å². The molecule has 0 bridgehead atoms. The third kappa shape index (κ3) is 8.22. The van der Waals surface area contributed by atoms with Gasteiger partial charge in [0.05, 0.1) is 28.8 Å². The van der Waals surface area contributed by atoms with Crippen molar-refractivity contribution in [3.05, 3.63) is 118 Å². The predicted molar refractivity (Wildman–Crippen MR) is 190 cm³/mol. The van der Waals surface area contributed by atoms with Crippen LogP contribution in [0.15, 0.2) is 72.8 Å². The Morgan fingerprint density at radius 1 is 1.10 bits per heavy atom. The number of nitrogens with zero attached hydrogens (tertiary/aromatic N) is 5. The number of ether oxygens (including phenoxy) is 1. The van der Waals surface area contributed by atoms with Crippen molar-refractivity contribution in [2.24, 2.45) is 0 Å². The van der Waals surface area contributed by atoms with E-state index in [9.17, 15) is 23.1 Å². The van der Waals surface area contributed by atoms with E-state index in [1.54, 1.807) is 31.2 Å². The number of aromatic amines is 1. The van der Waals surface area contributed by atoms with E-state index in [1.165, 1.54) is 12.1 Å². The van der Waals surface area contributed by atoms with Gasteiger partial charge in [0.15, 0.2) is 0 Å². The molecule has 264 valence electrons. The van der Waals surface area contributed by atoms with Crippen molar-refractivity contribution >= 4 is 51.2 Å². The molecule has 0 saturated carbocycles. The van der Waals surface area contributed by atoms with Crippen LogP contribution in [0.5, 0.6) is 5.88 Å². The number of imidazole rings is 1. The summed E-state index contributed by atoms with van der Waals surface area (Å²) in [6, 6.07) is 19.4. The number of aryl methyl sites for hydroxylation is 2. The smallest absolute Gasteiger partial charge is 0.280 e. The molecule has 0 atom stereocenters. The van der Waals surface area contributed by atoms with E-state index in [2.05, 4.69) is 31.5 Å². The molecule has 3 aromatic heterocycles. The van der Waals surface area contributed by atoms with Crippen LogP contribution in [0.4, 0.5) is 18.9 Å². The van der Waals surface area contributed by atoms with Crippen molar-refractivity contribution in [1.29, 1.82) is 0 Å². The van der Waals surface area contributed by atoms with Gasteiger partial charge in [0, 0.05) is 40.8 Å². The Morgan fingerprint density at radius 3 is 2.67 bits per heavy atom. The number of carbonyl (C=O) groups excluding carboxylic acids is 1. The molecule has 6 aromatic rings. The quantitative estimate of drug-likeness (QED) is 0.124. The fourth-order valence-corrected chi connectivity index (χ4v) is 6.11. The van der Waals surface area contributed by atoms with Crippen LogP contribution in [-0.2, 0) is 24.7 Å². The topological polar surface area (TPSA) is 121 Å². The summed E-state index contributed by atoms with van der Waals surface area (Å²) in [4.78, 5) is 22.0. The fourth-order valence-electron chi connectivity index (χ4n) is 5.95. The first-order valence-electron chi connectivity index (χ1n) is 16.1. The van der Waals surface area contributed by atoms with Crippen LogP contribution in [0.3, 0.4) is 0 Å². The fraction of sp³-hybridized carbons (Fsp3) is 0.243. The molecule has 0 saturated heterocycles. The number of benzene rings is 3. The largest absolute Gasteiger partial charge is 0.473 e. The molecule has 0 radical (unpaired) electrons. The molecule has 14 heteroatoms. The van der Waals surface area contributed by atoms with Crippen molar-refractivity contribution in [3.8, 4) is 5.88 Å². The Morgan fingerprint density at radius 2 is 1.94 bits per heavy atom. The number of carbonyl (C=O) groups is 1. The van der Waals surface area contributed by atoms with E-state index < -0.39 is 12.2 Å². The number of nitrogens with one attached hydrogen (secondary N) is 2. The lowest BCUT2D eigenvalue weighted by Crippen LogP contribution is -2.29. The van der Waals surface area contributed by atoms with E-state index in [0.29, 0.717) is 46.0 Å². The zero-order valence-electron chi connectivity index (χ0n) is 27.8. The standard InChI is InChI=1S/C27H26ClFN4O2.C10H9F2N3O/c1-18-5-8-25-24(13-18)30-26(33(25)17-34)15-32-11-9-19(10-12-32)23-3-2-4-27(31-23)35-16-20-6-7-21(28)14-22(20)29;1-5-2-6(13-4-16)3-7-8(5)14-15-9(7)10(11)12/h2-9,13-14,34H,10-12,15-17H2,1H3;2-4,10H,1H3,(H,13,16)(H,14,15). The molecule has 51 heavy (non-hydrogen) atoms. The Bertz CT molecular complexity index is 2220. The number of aromatic nitrogens is 5. The number of rotatable bonds is 10. The van der Waals surface area contributed by atoms with Crippen LogP contribution in [0.25, 0.3) is 27.5 Å².